The Morgan fingerprint density at radius 2 is 2.13 bits per heavy atom. The van der Waals surface area contributed by atoms with Crippen LogP contribution in [0.15, 0.2) is 18.2 Å². The van der Waals surface area contributed by atoms with Crippen molar-refractivity contribution in [2.75, 3.05) is 19.7 Å². The number of aliphatic hydroxyl groups is 1. The van der Waals surface area contributed by atoms with Crippen LogP contribution in [0.3, 0.4) is 0 Å². The van der Waals surface area contributed by atoms with Gasteiger partial charge in [0.2, 0.25) is 0 Å². The van der Waals surface area contributed by atoms with Crippen LogP contribution in [-0.4, -0.2) is 24.8 Å². The van der Waals surface area contributed by atoms with E-state index in [-0.39, 0.29) is 18.4 Å². The van der Waals surface area contributed by atoms with Crippen LogP contribution in [0.2, 0.25) is 0 Å². The fourth-order valence-corrected chi connectivity index (χ4v) is 2.09. The van der Waals surface area contributed by atoms with Gasteiger partial charge in [-0.25, -0.2) is 8.78 Å². The first-order chi connectivity index (χ1) is 7.22. The summed E-state index contributed by atoms with van der Waals surface area (Å²) in [6.45, 7) is 1.33. The molecule has 0 saturated carbocycles. The van der Waals surface area contributed by atoms with Crippen molar-refractivity contribution >= 4 is 0 Å². The molecular formula is C11H13F2NO. The van der Waals surface area contributed by atoms with Gasteiger partial charge in [0.15, 0.2) is 0 Å². The molecule has 1 saturated heterocycles. The van der Waals surface area contributed by atoms with Gasteiger partial charge in [-0.05, 0) is 11.6 Å². The van der Waals surface area contributed by atoms with Crippen LogP contribution in [0.5, 0.6) is 0 Å². The molecule has 1 aliphatic heterocycles. The van der Waals surface area contributed by atoms with Crippen LogP contribution in [-0.2, 0) is 0 Å². The van der Waals surface area contributed by atoms with Crippen LogP contribution in [0.25, 0.3) is 0 Å². The Balaban J connectivity index is 2.28. The highest BCUT2D eigenvalue weighted by Crippen LogP contribution is 2.29. The summed E-state index contributed by atoms with van der Waals surface area (Å²) >= 11 is 0. The molecule has 1 fully saturated rings. The molecule has 0 aliphatic carbocycles. The quantitative estimate of drug-likeness (QED) is 0.775. The first-order valence-electron chi connectivity index (χ1n) is 4.99. The molecule has 2 nitrogen and oxygen atoms in total. The maximum absolute atomic E-state index is 13.5. The number of hydrogen-bond acceptors (Lipinski definition) is 2. The SMILES string of the molecule is OC[C@@H]1CNC[C@H]1c1ccc(F)cc1F. The third-order valence-corrected chi connectivity index (χ3v) is 2.94. The van der Waals surface area contributed by atoms with E-state index in [1.54, 1.807) is 0 Å². The van der Waals surface area contributed by atoms with Crippen molar-refractivity contribution in [1.29, 1.82) is 0 Å². The van der Waals surface area contributed by atoms with E-state index >= 15 is 0 Å². The zero-order valence-electron chi connectivity index (χ0n) is 8.21. The smallest absolute Gasteiger partial charge is 0.129 e. The molecule has 2 atom stereocenters. The largest absolute Gasteiger partial charge is 0.396 e. The van der Waals surface area contributed by atoms with E-state index in [4.69, 9.17) is 5.11 Å². The fourth-order valence-electron chi connectivity index (χ4n) is 2.09. The molecule has 1 aromatic carbocycles. The molecule has 15 heavy (non-hydrogen) atoms. The lowest BCUT2D eigenvalue weighted by Gasteiger charge is -2.17. The number of halogens is 2. The Hall–Kier alpha value is -1.00. The van der Waals surface area contributed by atoms with Crippen LogP contribution in [0, 0.1) is 17.6 Å². The molecule has 4 heteroatoms. The van der Waals surface area contributed by atoms with E-state index < -0.39 is 11.6 Å². The van der Waals surface area contributed by atoms with Crippen LogP contribution < -0.4 is 5.32 Å². The van der Waals surface area contributed by atoms with Gasteiger partial charge in [0.25, 0.3) is 0 Å². The minimum atomic E-state index is -0.567. The molecule has 0 bridgehead atoms. The Morgan fingerprint density at radius 1 is 1.33 bits per heavy atom. The number of benzene rings is 1. The van der Waals surface area contributed by atoms with Gasteiger partial charge in [-0.3, -0.25) is 0 Å². The Morgan fingerprint density at radius 3 is 2.80 bits per heavy atom. The highest BCUT2D eigenvalue weighted by molar-refractivity contribution is 5.25. The van der Waals surface area contributed by atoms with Crippen molar-refractivity contribution in [1.82, 2.24) is 5.32 Å². The van der Waals surface area contributed by atoms with E-state index in [0.29, 0.717) is 18.7 Å². The topological polar surface area (TPSA) is 32.3 Å². The minimum absolute atomic E-state index is 0.0185. The van der Waals surface area contributed by atoms with E-state index in [1.807, 2.05) is 0 Å². The number of rotatable bonds is 2. The van der Waals surface area contributed by atoms with Crippen molar-refractivity contribution in [2.24, 2.45) is 5.92 Å². The number of hydrogen-bond donors (Lipinski definition) is 2. The van der Waals surface area contributed by atoms with Crippen molar-refractivity contribution in [3.8, 4) is 0 Å². The van der Waals surface area contributed by atoms with E-state index in [9.17, 15) is 8.78 Å². The molecule has 1 heterocycles. The highest BCUT2D eigenvalue weighted by Gasteiger charge is 2.29. The zero-order chi connectivity index (χ0) is 10.8. The molecule has 2 N–H and O–H groups in total. The monoisotopic (exact) mass is 213 g/mol. The molecule has 0 aromatic heterocycles. The summed E-state index contributed by atoms with van der Waals surface area (Å²) in [5, 5.41) is 12.2. The second-order valence-corrected chi connectivity index (χ2v) is 3.87. The molecule has 1 aromatic rings. The predicted octanol–water partition coefficient (Wildman–Crippen LogP) is 1.26. The van der Waals surface area contributed by atoms with Crippen LogP contribution >= 0.6 is 0 Å². The molecule has 0 radical (unpaired) electrons. The van der Waals surface area contributed by atoms with Gasteiger partial charge >= 0.3 is 0 Å². The summed E-state index contributed by atoms with van der Waals surface area (Å²) in [7, 11) is 0. The Labute approximate surface area is 86.9 Å². The predicted molar refractivity (Wildman–Crippen MR) is 52.5 cm³/mol. The van der Waals surface area contributed by atoms with E-state index in [0.717, 1.165) is 6.07 Å². The second kappa shape index (κ2) is 4.24. The van der Waals surface area contributed by atoms with Crippen LogP contribution in [0.4, 0.5) is 8.78 Å². The highest BCUT2D eigenvalue weighted by atomic mass is 19.1. The maximum atomic E-state index is 13.5. The summed E-state index contributed by atoms with van der Waals surface area (Å²) in [6, 6.07) is 3.61. The molecule has 1 aliphatic rings. The summed E-state index contributed by atoms with van der Waals surface area (Å²) in [5.41, 5.74) is 0.487. The van der Waals surface area contributed by atoms with Gasteiger partial charge in [-0.2, -0.15) is 0 Å². The Bertz CT molecular complexity index is 356. The maximum Gasteiger partial charge on any atom is 0.129 e. The minimum Gasteiger partial charge on any atom is -0.396 e. The van der Waals surface area contributed by atoms with Crippen LogP contribution in [0.1, 0.15) is 11.5 Å². The number of aliphatic hydroxyl groups excluding tert-OH is 1. The standard InChI is InChI=1S/C11H13F2NO/c12-8-1-2-9(11(13)3-8)10-5-14-4-7(10)6-15/h1-3,7,10,14-15H,4-6H2/t7-,10+/m0/s1. The lowest BCUT2D eigenvalue weighted by atomic mass is 9.89. The second-order valence-electron chi connectivity index (χ2n) is 3.87. The third-order valence-electron chi connectivity index (χ3n) is 2.94. The van der Waals surface area contributed by atoms with Gasteiger partial charge in [0.1, 0.15) is 11.6 Å². The first kappa shape index (κ1) is 10.5. The normalized spacial score (nSPS) is 25.8. The van der Waals surface area contributed by atoms with Crippen molar-refractivity contribution in [3.63, 3.8) is 0 Å². The van der Waals surface area contributed by atoms with Crippen molar-refractivity contribution in [3.05, 3.63) is 35.4 Å². The zero-order valence-corrected chi connectivity index (χ0v) is 8.21. The van der Waals surface area contributed by atoms with Gasteiger partial charge in [0, 0.05) is 37.6 Å². The van der Waals surface area contributed by atoms with Crippen molar-refractivity contribution in [2.45, 2.75) is 5.92 Å². The molecule has 0 unspecified atom stereocenters. The molecule has 2 rings (SSSR count). The summed E-state index contributed by atoms with van der Waals surface area (Å²) in [4.78, 5) is 0. The average molecular weight is 213 g/mol. The van der Waals surface area contributed by atoms with Gasteiger partial charge < -0.3 is 10.4 Å². The fraction of sp³-hybridized carbons (Fsp3) is 0.455. The summed E-state index contributed by atoms with van der Waals surface area (Å²) in [5.74, 6) is -1.13. The lowest BCUT2D eigenvalue weighted by Crippen LogP contribution is -2.16. The summed E-state index contributed by atoms with van der Waals surface area (Å²) in [6.07, 6.45) is 0. The average Bonchev–Trinajstić information content (AvgIpc) is 2.65. The molecule has 82 valence electrons. The first-order valence-corrected chi connectivity index (χ1v) is 4.99. The van der Waals surface area contributed by atoms with Gasteiger partial charge in [0.05, 0.1) is 0 Å². The number of nitrogens with one attached hydrogen (secondary N) is 1. The van der Waals surface area contributed by atoms with Gasteiger partial charge in [-0.1, -0.05) is 6.07 Å². The van der Waals surface area contributed by atoms with Gasteiger partial charge in [-0.15, -0.1) is 0 Å². The summed E-state index contributed by atoms with van der Waals surface area (Å²) < 4.78 is 26.2. The Kier molecular flexibility index (Phi) is 2.98. The molecule has 0 spiro atoms. The molecular weight excluding hydrogens is 200 g/mol. The van der Waals surface area contributed by atoms with Crippen molar-refractivity contribution < 1.29 is 13.9 Å². The third kappa shape index (κ3) is 2.01. The van der Waals surface area contributed by atoms with E-state index in [1.165, 1.54) is 12.1 Å². The van der Waals surface area contributed by atoms with E-state index in [2.05, 4.69) is 5.32 Å². The lowest BCUT2D eigenvalue weighted by molar-refractivity contribution is 0.225. The molecule has 0 amide bonds.